The summed E-state index contributed by atoms with van der Waals surface area (Å²) in [7, 11) is 0. The summed E-state index contributed by atoms with van der Waals surface area (Å²) in [4.78, 5) is 16.6. The van der Waals surface area contributed by atoms with Gasteiger partial charge in [-0.05, 0) is 42.5 Å². The number of hydrogen-bond acceptors (Lipinski definition) is 7. The molecule has 8 nitrogen and oxygen atoms in total. The molecule has 0 unspecified atom stereocenters. The molecule has 0 aliphatic rings. The Kier molecular flexibility index (Phi) is 7.55. The third-order valence-corrected chi connectivity index (χ3v) is 6.88. The quantitative estimate of drug-likeness (QED) is 0.154. The Labute approximate surface area is 232 Å². The van der Waals surface area contributed by atoms with E-state index in [2.05, 4.69) is 31.1 Å². The van der Waals surface area contributed by atoms with E-state index in [1.807, 2.05) is 60.7 Å². The van der Waals surface area contributed by atoms with Gasteiger partial charge in [0.05, 0.1) is 21.9 Å². The minimum Gasteiger partial charge on any atom is -0.476 e. The van der Waals surface area contributed by atoms with Crippen molar-refractivity contribution in [2.45, 2.75) is 0 Å². The topological polar surface area (TPSA) is 112 Å². The van der Waals surface area contributed by atoms with Crippen molar-refractivity contribution in [3.05, 3.63) is 102 Å². The summed E-state index contributed by atoms with van der Waals surface area (Å²) in [6, 6.07) is 27.8. The number of thiazole rings is 1. The summed E-state index contributed by atoms with van der Waals surface area (Å²) in [6.07, 6.45) is 0. The molecule has 11 heteroatoms. The van der Waals surface area contributed by atoms with Crippen molar-refractivity contribution in [2.75, 3.05) is 16.0 Å². The van der Waals surface area contributed by atoms with E-state index in [9.17, 15) is 9.90 Å². The van der Waals surface area contributed by atoms with E-state index in [0.717, 1.165) is 11.3 Å². The maximum atomic E-state index is 11.9. The van der Waals surface area contributed by atoms with Crippen LogP contribution in [0.3, 0.4) is 0 Å². The highest BCUT2D eigenvalue weighted by Crippen LogP contribution is 2.38. The Morgan fingerprint density at radius 3 is 2.26 bits per heavy atom. The first kappa shape index (κ1) is 25.3. The monoisotopic (exact) mass is 558 g/mol. The summed E-state index contributed by atoms with van der Waals surface area (Å²) >= 11 is 13.0. The Hall–Kier alpha value is -4.38. The van der Waals surface area contributed by atoms with Gasteiger partial charge >= 0.3 is 5.97 Å². The maximum absolute atomic E-state index is 11.9. The van der Waals surface area contributed by atoms with Crippen LogP contribution < -0.4 is 16.0 Å². The van der Waals surface area contributed by atoms with Crippen molar-refractivity contribution in [3.63, 3.8) is 0 Å². The van der Waals surface area contributed by atoms with Crippen LogP contribution in [-0.4, -0.2) is 31.4 Å². The van der Waals surface area contributed by atoms with Crippen LogP contribution in [0, 0.1) is 0 Å². The van der Waals surface area contributed by atoms with Gasteiger partial charge in [-0.3, -0.25) is 0 Å². The van der Waals surface area contributed by atoms with Crippen molar-refractivity contribution in [3.8, 4) is 21.7 Å². The molecule has 2 heterocycles. The first-order chi connectivity index (χ1) is 18.5. The van der Waals surface area contributed by atoms with Gasteiger partial charge in [-0.15, -0.1) is 10.2 Å². The SMILES string of the molecule is O=C(O)c1nc(Nc2ccccc2NC(=S)Nc2ccc(-c3ccccc3)nn2)sc1-c1ccccc1Cl. The molecule has 3 aromatic carbocycles. The molecule has 4 N–H and O–H groups in total. The van der Waals surface area contributed by atoms with Crippen molar-refractivity contribution >= 4 is 68.6 Å². The number of aromatic nitrogens is 3. The Bertz CT molecular complexity index is 1610. The van der Waals surface area contributed by atoms with Gasteiger partial charge in [-0.25, -0.2) is 9.78 Å². The Morgan fingerprint density at radius 2 is 1.55 bits per heavy atom. The van der Waals surface area contributed by atoms with E-state index in [4.69, 9.17) is 23.8 Å². The molecule has 0 atom stereocenters. The average Bonchev–Trinajstić information content (AvgIpc) is 3.35. The minimum atomic E-state index is -1.14. The molecule has 0 aliphatic heterocycles. The van der Waals surface area contributed by atoms with Gasteiger partial charge in [0.25, 0.3) is 0 Å². The van der Waals surface area contributed by atoms with Crippen LogP contribution in [0.2, 0.25) is 5.02 Å². The van der Waals surface area contributed by atoms with Gasteiger partial charge in [0.2, 0.25) is 0 Å². The first-order valence-corrected chi connectivity index (χ1v) is 12.9. The predicted molar refractivity (Wildman–Crippen MR) is 157 cm³/mol. The van der Waals surface area contributed by atoms with Crippen molar-refractivity contribution in [2.24, 2.45) is 0 Å². The molecule has 0 bridgehead atoms. The number of rotatable bonds is 7. The molecule has 5 rings (SSSR count). The zero-order chi connectivity index (χ0) is 26.5. The minimum absolute atomic E-state index is 0.0780. The number of nitrogens with one attached hydrogen (secondary N) is 3. The summed E-state index contributed by atoms with van der Waals surface area (Å²) in [6.45, 7) is 0. The number of aromatic carboxylic acids is 1. The van der Waals surface area contributed by atoms with Crippen LogP contribution in [0.15, 0.2) is 91.0 Å². The van der Waals surface area contributed by atoms with Crippen molar-refractivity contribution < 1.29 is 9.90 Å². The number of carboxylic acid groups (broad SMARTS) is 1. The van der Waals surface area contributed by atoms with E-state index in [-0.39, 0.29) is 5.69 Å². The summed E-state index contributed by atoms with van der Waals surface area (Å²) in [5.74, 6) is -0.650. The number of hydrogen-bond donors (Lipinski definition) is 4. The third-order valence-electron chi connectivity index (χ3n) is 5.34. The van der Waals surface area contributed by atoms with Crippen LogP contribution in [-0.2, 0) is 0 Å². The van der Waals surface area contributed by atoms with Crippen LogP contribution in [0.25, 0.3) is 21.7 Å². The lowest BCUT2D eigenvalue weighted by Gasteiger charge is -2.14. The molecule has 0 radical (unpaired) electrons. The molecule has 0 amide bonds. The first-order valence-electron chi connectivity index (χ1n) is 11.3. The van der Waals surface area contributed by atoms with E-state index in [1.165, 1.54) is 11.3 Å². The number of nitrogens with zero attached hydrogens (tertiary/aromatic N) is 3. The smallest absolute Gasteiger partial charge is 0.356 e. The van der Waals surface area contributed by atoms with Crippen molar-refractivity contribution in [1.29, 1.82) is 0 Å². The number of thiocarbonyl (C=S) groups is 1. The standard InChI is InChI=1S/C27H19ClN6O2S2/c28-18-11-5-4-10-17(18)24-23(25(35)36)32-27(38-24)30-21-13-7-6-12-20(21)29-26(37)31-22-15-14-19(33-34-22)16-8-2-1-3-9-16/h1-15H,(H,30,32)(H,35,36)(H2,29,31,34,37). The van der Waals surface area contributed by atoms with Crippen LogP contribution in [0.1, 0.15) is 10.5 Å². The van der Waals surface area contributed by atoms with Crippen LogP contribution in [0.4, 0.5) is 22.3 Å². The molecule has 0 aliphatic carbocycles. The van der Waals surface area contributed by atoms with Crippen LogP contribution >= 0.6 is 35.2 Å². The van der Waals surface area contributed by atoms with Gasteiger partial charge in [0, 0.05) is 16.1 Å². The lowest BCUT2D eigenvalue weighted by atomic mass is 10.1. The second-order valence-electron chi connectivity index (χ2n) is 7.90. The number of anilines is 4. The molecule has 0 saturated heterocycles. The molecular weight excluding hydrogens is 540 g/mol. The molecule has 188 valence electrons. The van der Waals surface area contributed by atoms with E-state index >= 15 is 0 Å². The molecular formula is C27H19ClN6O2S2. The van der Waals surface area contributed by atoms with Gasteiger partial charge in [0.15, 0.2) is 21.8 Å². The third kappa shape index (κ3) is 5.78. The van der Waals surface area contributed by atoms with Crippen molar-refractivity contribution in [1.82, 2.24) is 15.2 Å². The normalized spacial score (nSPS) is 10.6. The average molecular weight is 559 g/mol. The summed E-state index contributed by atoms with van der Waals surface area (Å²) < 4.78 is 0. The molecule has 5 aromatic rings. The fourth-order valence-electron chi connectivity index (χ4n) is 3.59. The molecule has 2 aromatic heterocycles. The highest BCUT2D eigenvalue weighted by Gasteiger charge is 2.21. The summed E-state index contributed by atoms with van der Waals surface area (Å²) in [5.41, 5.74) is 3.56. The fourth-order valence-corrected chi connectivity index (χ4v) is 5.10. The Morgan fingerprint density at radius 1 is 0.842 bits per heavy atom. The number of halogens is 1. The van der Waals surface area contributed by atoms with E-state index in [0.29, 0.717) is 42.9 Å². The largest absolute Gasteiger partial charge is 0.476 e. The van der Waals surface area contributed by atoms with Gasteiger partial charge in [-0.1, -0.05) is 83.6 Å². The molecule has 0 spiro atoms. The number of para-hydroxylation sites is 2. The summed E-state index contributed by atoms with van der Waals surface area (Å²) in [5, 5.41) is 28.7. The number of carbonyl (C=O) groups is 1. The lowest BCUT2D eigenvalue weighted by Crippen LogP contribution is -2.20. The molecule has 0 fully saturated rings. The van der Waals surface area contributed by atoms with Crippen LogP contribution in [0.5, 0.6) is 0 Å². The second-order valence-corrected chi connectivity index (χ2v) is 9.72. The maximum Gasteiger partial charge on any atom is 0.356 e. The molecule has 38 heavy (non-hydrogen) atoms. The second kappa shape index (κ2) is 11.3. The highest BCUT2D eigenvalue weighted by molar-refractivity contribution is 7.80. The Balaban J connectivity index is 1.32. The lowest BCUT2D eigenvalue weighted by molar-refractivity contribution is 0.0692. The predicted octanol–water partition coefficient (Wildman–Crippen LogP) is 7.17. The van der Waals surface area contributed by atoms with Gasteiger partial charge < -0.3 is 21.1 Å². The number of benzene rings is 3. The molecule has 0 saturated carbocycles. The zero-order valence-corrected chi connectivity index (χ0v) is 21.9. The van der Waals surface area contributed by atoms with E-state index in [1.54, 1.807) is 30.3 Å². The zero-order valence-electron chi connectivity index (χ0n) is 19.6. The fraction of sp³-hybridized carbons (Fsp3) is 0. The van der Waals surface area contributed by atoms with E-state index < -0.39 is 5.97 Å². The van der Waals surface area contributed by atoms with Gasteiger partial charge in [0.1, 0.15) is 0 Å². The van der Waals surface area contributed by atoms with Gasteiger partial charge in [-0.2, -0.15) is 0 Å². The number of carboxylic acids is 1. The highest BCUT2D eigenvalue weighted by atomic mass is 35.5.